The first-order valence-electron chi connectivity index (χ1n) is 11.6. The van der Waals surface area contributed by atoms with Crippen LogP contribution in [0, 0.1) is 0 Å². The summed E-state index contributed by atoms with van der Waals surface area (Å²) in [4.78, 5) is 10.9. The van der Waals surface area contributed by atoms with Gasteiger partial charge in [-0.2, -0.15) is 13.2 Å². The Morgan fingerprint density at radius 1 is 1.19 bits per heavy atom. The fraction of sp³-hybridized carbons (Fsp3) is 0.417. The van der Waals surface area contributed by atoms with Crippen LogP contribution < -0.4 is 4.90 Å². The second kappa shape index (κ2) is 7.87. The number of aliphatic hydroxyl groups excluding tert-OH is 1. The summed E-state index contributed by atoms with van der Waals surface area (Å²) in [6.07, 6.45) is 1.81. The van der Waals surface area contributed by atoms with Crippen molar-refractivity contribution in [3.63, 3.8) is 0 Å². The van der Waals surface area contributed by atoms with Crippen LogP contribution in [0.3, 0.4) is 0 Å². The lowest BCUT2D eigenvalue weighted by Crippen LogP contribution is -2.38. The molecule has 2 atom stereocenters. The summed E-state index contributed by atoms with van der Waals surface area (Å²) < 4.78 is 42.9. The summed E-state index contributed by atoms with van der Waals surface area (Å²) in [5, 5.41) is 21.0. The molecule has 0 spiro atoms. The van der Waals surface area contributed by atoms with Crippen LogP contribution in [-0.4, -0.2) is 40.6 Å². The maximum atomic E-state index is 13.3. The van der Waals surface area contributed by atoms with Gasteiger partial charge in [-0.1, -0.05) is 6.07 Å². The molecular formula is C24H24F3N7OS. The van der Waals surface area contributed by atoms with Crippen molar-refractivity contribution >= 4 is 17.2 Å². The number of thiazole rings is 1. The molecule has 0 bridgehead atoms. The first kappa shape index (κ1) is 23.2. The molecule has 2 unspecified atom stereocenters. The van der Waals surface area contributed by atoms with Gasteiger partial charge in [0.05, 0.1) is 17.6 Å². The molecule has 6 rings (SSSR count). The fourth-order valence-electron chi connectivity index (χ4n) is 4.85. The van der Waals surface area contributed by atoms with Crippen LogP contribution in [0.4, 0.5) is 19.0 Å². The highest BCUT2D eigenvalue weighted by molar-refractivity contribution is 7.13. The number of benzene rings is 1. The molecule has 4 aromatic rings. The molecule has 12 heteroatoms. The molecule has 1 N–H and O–H groups in total. The number of aromatic nitrogens is 6. The average Bonchev–Trinajstić information content (AvgIpc) is 3.20. The van der Waals surface area contributed by atoms with Gasteiger partial charge in [0.1, 0.15) is 18.2 Å². The van der Waals surface area contributed by atoms with Crippen molar-refractivity contribution in [3.05, 3.63) is 59.3 Å². The van der Waals surface area contributed by atoms with Crippen molar-refractivity contribution in [1.29, 1.82) is 0 Å². The molecule has 1 aliphatic carbocycles. The van der Waals surface area contributed by atoms with Crippen LogP contribution in [0.25, 0.3) is 16.5 Å². The fourth-order valence-corrected chi connectivity index (χ4v) is 5.63. The highest BCUT2D eigenvalue weighted by atomic mass is 32.1. The molecule has 188 valence electrons. The number of alkyl halides is 3. The van der Waals surface area contributed by atoms with E-state index in [0.717, 1.165) is 51.7 Å². The van der Waals surface area contributed by atoms with Crippen LogP contribution in [0.2, 0.25) is 0 Å². The minimum absolute atomic E-state index is 0.0361. The molecule has 3 aromatic heterocycles. The molecule has 0 radical (unpaired) electrons. The Hall–Kier alpha value is -3.25. The zero-order valence-electron chi connectivity index (χ0n) is 19.8. The second-order valence-electron chi connectivity index (χ2n) is 9.84. The number of fused-ring (bicyclic) bond motifs is 1. The standard InChI is InChI=1S/C24H24F3N7OS/c1-13(24(25,26)27)33-12-29-31-20(33)21-30-19(10-36-21)34-22(35)16-8-15(6-7-17(16)23(34,2)3)32-9-18(28-11-32)14-4-5-14/h6-14,22,35H,4-5H2,1-3H3. The molecule has 1 aliphatic heterocycles. The summed E-state index contributed by atoms with van der Waals surface area (Å²) in [5.74, 6) is 1.04. The summed E-state index contributed by atoms with van der Waals surface area (Å²) >= 11 is 1.16. The molecule has 0 saturated heterocycles. The quantitative estimate of drug-likeness (QED) is 0.387. The zero-order chi connectivity index (χ0) is 25.4. The Morgan fingerprint density at radius 2 is 1.97 bits per heavy atom. The smallest absolute Gasteiger partial charge is 0.369 e. The van der Waals surface area contributed by atoms with Crippen molar-refractivity contribution in [2.45, 2.75) is 63.5 Å². The lowest BCUT2D eigenvalue weighted by Gasteiger charge is -2.34. The van der Waals surface area contributed by atoms with Gasteiger partial charge < -0.3 is 14.6 Å². The van der Waals surface area contributed by atoms with Crippen molar-refractivity contribution in [2.24, 2.45) is 0 Å². The molecule has 8 nitrogen and oxygen atoms in total. The summed E-state index contributed by atoms with van der Waals surface area (Å²) in [5.41, 5.74) is 3.07. The Labute approximate surface area is 209 Å². The normalized spacial score (nSPS) is 20.1. The third-order valence-corrected chi connectivity index (χ3v) is 7.94. The summed E-state index contributed by atoms with van der Waals surface area (Å²) in [6.45, 7) is 5.02. The van der Waals surface area contributed by atoms with E-state index in [1.165, 1.54) is 12.8 Å². The third-order valence-electron chi connectivity index (χ3n) is 7.11. The second-order valence-corrected chi connectivity index (χ2v) is 10.7. The number of hydrogen-bond acceptors (Lipinski definition) is 7. The number of anilines is 1. The predicted molar refractivity (Wildman–Crippen MR) is 128 cm³/mol. The van der Waals surface area contributed by atoms with E-state index in [1.54, 1.807) is 16.6 Å². The SMILES string of the molecule is CC(n1cnnc1-c1nc(N2C(O)c3cc(-n4cnc(C5CC5)c4)ccc3C2(C)C)cs1)C(F)(F)F. The number of aliphatic hydroxyl groups is 1. The Balaban J connectivity index is 1.33. The van der Waals surface area contributed by atoms with Gasteiger partial charge in [0.15, 0.2) is 17.1 Å². The summed E-state index contributed by atoms with van der Waals surface area (Å²) in [6, 6.07) is 4.16. The van der Waals surface area contributed by atoms with E-state index in [-0.39, 0.29) is 5.82 Å². The lowest BCUT2D eigenvalue weighted by atomic mass is 9.93. The number of halogens is 3. The highest BCUT2D eigenvalue weighted by Gasteiger charge is 2.45. The maximum absolute atomic E-state index is 13.3. The van der Waals surface area contributed by atoms with Gasteiger partial charge in [-0.3, -0.25) is 4.57 Å². The van der Waals surface area contributed by atoms with Crippen molar-refractivity contribution < 1.29 is 18.3 Å². The van der Waals surface area contributed by atoms with Gasteiger partial charge in [0.25, 0.3) is 0 Å². The van der Waals surface area contributed by atoms with Gasteiger partial charge in [0, 0.05) is 28.7 Å². The van der Waals surface area contributed by atoms with Crippen molar-refractivity contribution in [2.75, 3.05) is 4.90 Å². The van der Waals surface area contributed by atoms with Crippen LogP contribution in [0.15, 0.2) is 42.4 Å². The summed E-state index contributed by atoms with van der Waals surface area (Å²) in [7, 11) is 0. The van der Waals surface area contributed by atoms with E-state index in [0.29, 0.717) is 16.7 Å². The van der Waals surface area contributed by atoms with Crippen LogP contribution in [0.5, 0.6) is 0 Å². The first-order chi connectivity index (χ1) is 17.1. The first-order valence-corrected chi connectivity index (χ1v) is 12.5. The molecular weight excluding hydrogens is 491 g/mol. The maximum Gasteiger partial charge on any atom is 0.408 e. The van der Waals surface area contributed by atoms with Crippen LogP contribution in [0.1, 0.15) is 68.6 Å². The van der Waals surface area contributed by atoms with E-state index < -0.39 is 24.0 Å². The van der Waals surface area contributed by atoms with Crippen LogP contribution >= 0.6 is 11.3 Å². The van der Waals surface area contributed by atoms with Gasteiger partial charge in [-0.05, 0) is 51.3 Å². The lowest BCUT2D eigenvalue weighted by molar-refractivity contribution is -0.162. The van der Waals surface area contributed by atoms with Gasteiger partial charge in [-0.15, -0.1) is 21.5 Å². The molecule has 1 saturated carbocycles. The number of rotatable bonds is 5. The Morgan fingerprint density at radius 3 is 2.69 bits per heavy atom. The molecule has 2 aliphatic rings. The Kier molecular flexibility index (Phi) is 5.07. The third kappa shape index (κ3) is 3.62. The van der Waals surface area contributed by atoms with E-state index in [2.05, 4.69) is 20.2 Å². The Bertz CT molecular complexity index is 1440. The minimum Gasteiger partial charge on any atom is -0.369 e. The predicted octanol–water partition coefficient (Wildman–Crippen LogP) is 5.33. The van der Waals surface area contributed by atoms with Gasteiger partial charge in [-0.25, -0.2) is 9.97 Å². The monoisotopic (exact) mass is 515 g/mol. The van der Waals surface area contributed by atoms with Crippen molar-refractivity contribution in [1.82, 2.24) is 29.3 Å². The minimum atomic E-state index is -4.45. The number of hydrogen-bond donors (Lipinski definition) is 1. The molecule has 1 fully saturated rings. The van der Waals surface area contributed by atoms with Crippen molar-refractivity contribution in [3.8, 4) is 16.5 Å². The van der Waals surface area contributed by atoms with Gasteiger partial charge >= 0.3 is 6.18 Å². The molecule has 36 heavy (non-hydrogen) atoms. The largest absolute Gasteiger partial charge is 0.408 e. The van der Waals surface area contributed by atoms with E-state index in [1.807, 2.05) is 42.8 Å². The molecule has 4 heterocycles. The van der Waals surface area contributed by atoms with E-state index >= 15 is 0 Å². The number of imidazole rings is 1. The zero-order valence-corrected chi connectivity index (χ0v) is 20.6. The van der Waals surface area contributed by atoms with Crippen LogP contribution in [-0.2, 0) is 5.54 Å². The molecule has 0 amide bonds. The van der Waals surface area contributed by atoms with E-state index in [4.69, 9.17) is 0 Å². The highest BCUT2D eigenvalue weighted by Crippen LogP contribution is 2.49. The molecule has 1 aromatic carbocycles. The number of nitrogens with zero attached hydrogens (tertiary/aromatic N) is 7. The topological polar surface area (TPSA) is 84.9 Å². The van der Waals surface area contributed by atoms with Gasteiger partial charge in [0.2, 0.25) is 0 Å². The average molecular weight is 516 g/mol. The van der Waals surface area contributed by atoms with E-state index in [9.17, 15) is 18.3 Å².